The maximum absolute atomic E-state index is 15.0. The molecule has 2 saturated heterocycles. The fourth-order valence-corrected chi connectivity index (χ4v) is 6.29. The predicted molar refractivity (Wildman–Crippen MR) is 160 cm³/mol. The van der Waals surface area contributed by atoms with Gasteiger partial charge in [-0.15, -0.1) is 6.58 Å². The second kappa shape index (κ2) is 11.1. The van der Waals surface area contributed by atoms with Crippen molar-refractivity contribution in [3.8, 4) is 0 Å². The minimum Gasteiger partial charge on any atom is -0.458 e. The number of esters is 1. The highest BCUT2D eigenvalue weighted by Crippen LogP contribution is 2.56. The summed E-state index contributed by atoms with van der Waals surface area (Å²) in [5, 5.41) is 0. The molecular weight excluding hydrogens is 528 g/mol. The Labute approximate surface area is 247 Å². The summed E-state index contributed by atoms with van der Waals surface area (Å²) in [5.41, 5.74) is -0.956. The van der Waals surface area contributed by atoms with E-state index in [4.69, 9.17) is 9.47 Å². The predicted octanol–water partition coefficient (Wildman–Crippen LogP) is 6.42. The van der Waals surface area contributed by atoms with E-state index in [0.717, 1.165) is 16.7 Å². The zero-order valence-corrected chi connectivity index (χ0v) is 24.7. The van der Waals surface area contributed by atoms with Crippen molar-refractivity contribution in [2.24, 2.45) is 0 Å². The van der Waals surface area contributed by atoms with E-state index in [9.17, 15) is 9.59 Å². The number of hydrogen-bond donors (Lipinski definition) is 0. The van der Waals surface area contributed by atoms with Gasteiger partial charge in [-0.2, -0.15) is 0 Å². The summed E-state index contributed by atoms with van der Waals surface area (Å²) in [6.07, 6.45) is 1.48. The third-order valence-corrected chi connectivity index (χ3v) is 8.13. The van der Waals surface area contributed by atoms with E-state index in [2.05, 4.69) is 6.58 Å². The van der Waals surface area contributed by atoms with E-state index in [1.54, 1.807) is 43.6 Å². The Bertz CT molecular complexity index is 1450. The van der Waals surface area contributed by atoms with Gasteiger partial charge in [0.2, 0.25) is 0 Å². The van der Waals surface area contributed by atoms with Gasteiger partial charge in [0.15, 0.2) is 5.54 Å². The van der Waals surface area contributed by atoms with Crippen molar-refractivity contribution in [3.63, 3.8) is 0 Å². The Morgan fingerprint density at radius 2 is 1.48 bits per heavy atom. The first-order valence-corrected chi connectivity index (χ1v) is 14.3. The normalized spacial score (nSPS) is 23.5. The van der Waals surface area contributed by atoms with Gasteiger partial charge in [0, 0.05) is 6.42 Å². The molecule has 3 aromatic carbocycles. The van der Waals surface area contributed by atoms with Crippen molar-refractivity contribution in [1.29, 1.82) is 0 Å². The number of β-lactam (4-membered cyclic amide) rings is 1. The van der Waals surface area contributed by atoms with Gasteiger partial charge in [-0.25, -0.2) is 9.59 Å². The highest BCUT2D eigenvalue weighted by atomic mass is 16.6. The first-order chi connectivity index (χ1) is 20.0. The maximum atomic E-state index is 15.0. The van der Waals surface area contributed by atoms with E-state index < -0.39 is 40.8 Å². The minimum absolute atomic E-state index is 0.115. The van der Waals surface area contributed by atoms with Gasteiger partial charge in [0.1, 0.15) is 17.7 Å². The lowest BCUT2D eigenvalue weighted by atomic mass is 9.66. The third kappa shape index (κ3) is 4.97. The molecule has 3 aromatic rings. The fourth-order valence-electron chi connectivity index (χ4n) is 6.29. The number of carbonyl (C=O) groups excluding carboxylic acids is 3. The summed E-state index contributed by atoms with van der Waals surface area (Å²) < 4.78 is 11.6. The Morgan fingerprint density at radius 1 is 0.929 bits per heavy atom. The lowest BCUT2D eigenvalue weighted by Crippen LogP contribution is -2.81. The first kappa shape index (κ1) is 29.1. The van der Waals surface area contributed by atoms with Crippen LogP contribution in [0.4, 0.5) is 4.79 Å². The molecule has 7 nitrogen and oxygen atoms in total. The molecule has 2 amide bonds. The van der Waals surface area contributed by atoms with Crippen LogP contribution >= 0.6 is 0 Å². The van der Waals surface area contributed by atoms with Gasteiger partial charge in [0.05, 0.1) is 12.1 Å². The van der Waals surface area contributed by atoms with Crippen molar-refractivity contribution in [2.45, 2.75) is 69.3 Å². The molecule has 0 N–H and O–H groups in total. The molecule has 2 heterocycles. The fraction of sp³-hybridized carbons (Fsp3) is 0.343. The number of cyclic esters (lactones) is 1. The van der Waals surface area contributed by atoms with E-state index in [1.165, 1.54) is 0 Å². The highest BCUT2D eigenvalue weighted by molar-refractivity contribution is 6.02. The van der Waals surface area contributed by atoms with Crippen molar-refractivity contribution >= 4 is 18.0 Å². The van der Waals surface area contributed by atoms with Gasteiger partial charge in [-0.05, 0) is 50.8 Å². The van der Waals surface area contributed by atoms with Crippen molar-refractivity contribution in [2.75, 3.05) is 6.61 Å². The average Bonchev–Trinajstić information content (AvgIpc) is 3.36. The first-order valence-electron chi connectivity index (χ1n) is 14.3. The monoisotopic (exact) mass is 566 g/mol. The molecule has 4 atom stereocenters. The largest absolute Gasteiger partial charge is 0.458 e. The summed E-state index contributed by atoms with van der Waals surface area (Å²) in [4.78, 5) is 45.9. The molecule has 0 radical (unpaired) electrons. The highest BCUT2D eigenvalue weighted by Gasteiger charge is 2.72. The van der Waals surface area contributed by atoms with Gasteiger partial charge >= 0.3 is 12.1 Å². The molecular formula is C35H38N2O5. The van der Waals surface area contributed by atoms with Crippen LogP contribution in [0.3, 0.4) is 0 Å². The summed E-state index contributed by atoms with van der Waals surface area (Å²) in [5.74, 6) is -0.865. The molecule has 7 heteroatoms. The molecule has 2 fully saturated rings. The standard InChI is InChI=1S/C35H38N2O5/c1-6-22-34(5,31(39)42-33(2,3)4)37-29(27-20-14-9-15-21-27)35(30(37)38,23-25-16-10-7-11-17-25)36-28(24-41-32(36)40)26-18-12-8-13-19-26/h6-21,28-29H,1,22-24H2,2-5H3/t28-,29-,34+,35+/m1/s1. The number of amides is 2. The molecule has 2 aliphatic heterocycles. The molecule has 5 rings (SSSR count). The van der Waals surface area contributed by atoms with E-state index in [-0.39, 0.29) is 25.4 Å². The zero-order chi connectivity index (χ0) is 30.1. The maximum Gasteiger partial charge on any atom is 0.411 e. The SMILES string of the molecule is C=CC[C@@](C)(C(=O)OC(C)(C)C)N1C(=O)[C@@](Cc2ccccc2)(N2C(=O)OC[C@@H]2c2ccccc2)[C@H]1c1ccccc1. The van der Waals surface area contributed by atoms with Crippen LogP contribution in [-0.2, 0) is 25.5 Å². The van der Waals surface area contributed by atoms with Crippen LogP contribution in [0, 0.1) is 0 Å². The summed E-state index contributed by atoms with van der Waals surface area (Å²) >= 11 is 0. The number of carbonyl (C=O) groups is 3. The summed E-state index contributed by atoms with van der Waals surface area (Å²) in [7, 11) is 0. The third-order valence-electron chi connectivity index (χ3n) is 8.13. The number of ether oxygens (including phenoxy) is 2. The molecule has 0 aliphatic carbocycles. The molecule has 2 aliphatic rings. The molecule has 0 aromatic heterocycles. The lowest BCUT2D eigenvalue weighted by molar-refractivity contribution is -0.203. The number of hydrogen-bond acceptors (Lipinski definition) is 5. The van der Waals surface area contributed by atoms with Crippen LogP contribution in [0.1, 0.15) is 62.9 Å². The number of benzene rings is 3. The van der Waals surface area contributed by atoms with Gasteiger partial charge < -0.3 is 14.4 Å². The number of rotatable bonds is 9. The lowest BCUT2D eigenvalue weighted by Gasteiger charge is -2.64. The van der Waals surface area contributed by atoms with Gasteiger partial charge in [-0.1, -0.05) is 97.1 Å². The molecule has 42 heavy (non-hydrogen) atoms. The topological polar surface area (TPSA) is 76.2 Å². The Hall–Kier alpha value is -4.39. The van der Waals surface area contributed by atoms with Crippen LogP contribution in [0.15, 0.2) is 104 Å². The summed E-state index contributed by atoms with van der Waals surface area (Å²) in [6.45, 7) is 11.1. The smallest absolute Gasteiger partial charge is 0.411 e. The van der Waals surface area contributed by atoms with Crippen molar-refractivity contribution in [3.05, 3.63) is 120 Å². The second-order valence-electron chi connectivity index (χ2n) is 12.2. The number of nitrogens with zero attached hydrogens (tertiary/aromatic N) is 2. The molecule has 0 bridgehead atoms. The van der Waals surface area contributed by atoms with Crippen LogP contribution in [-0.4, -0.2) is 51.1 Å². The van der Waals surface area contributed by atoms with Gasteiger partial charge in [-0.3, -0.25) is 9.69 Å². The second-order valence-corrected chi connectivity index (χ2v) is 12.2. The van der Waals surface area contributed by atoms with Crippen molar-refractivity contribution < 1.29 is 23.9 Å². The van der Waals surface area contributed by atoms with Crippen LogP contribution < -0.4 is 0 Å². The Balaban J connectivity index is 1.73. The van der Waals surface area contributed by atoms with Crippen molar-refractivity contribution in [1.82, 2.24) is 9.80 Å². The van der Waals surface area contributed by atoms with E-state index in [0.29, 0.717) is 0 Å². The minimum atomic E-state index is -1.38. The zero-order valence-electron chi connectivity index (χ0n) is 24.7. The van der Waals surface area contributed by atoms with E-state index >= 15 is 4.79 Å². The van der Waals surface area contributed by atoms with Crippen LogP contribution in [0.5, 0.6) is 0 Å². The number of likely N-dealkylation sites (tertiary alicyclic amines) is 1. The van der Waals surface area contributed by atoms with Crippen LogP contribution in [0.2, 0.25) is 0 Å². The Morgan fingerprint density at radius 3 is 2.02 bits per heavy atom. The molecule has 0 unspecified atom stereocenters. The molecule has 0 saturated carbocycles. The molecule has 0 spiro atoms. The molecule has 218 valence electrons. The quantitative estimate of drug-likeness (QED) is 0.170. The van der Waals surface area contributed by atoms with Gasteiger partial charge in [0.25, 0.3) is 5.91 Å². The Kier molecular flexibility index (Phi) is 7.71. The average molecular weight is 567 g/mol. The summed E-state index contributed by atoms with van der Waals surface area (Å²) in [6, 6.07) is 27.7. The van der Waals surface area contributed by atoms with E-state index in [1.807, 2.05) is 91.0 Å². The van der Waals surface area contributed by atoms with Crippen LogP contribution in [0.25, 0.3) is 0 Å².